The molecule has 47 heavy (non-hydrogen) atoms. The highest BCUT2D eigenvalue weighted by Gasteiger charge is 2.37. The second kappa shape index (κ2) is 15.4. The number of aromatic nitrogens is 1. The largest absolute Gasteiger partial charge is 0.436 e. The molecule has 4 unspecified atom stereocenters. The van der Waals surface area contributed by atoms with Crippen LogP contribution in [0.25, 0.3) is 22.8 Å². The van der Waals surface area contributed by atoms with Crippen molar-refractivity contribution in [1.82, 2.24) is 14.8 Å². The van der Waals surface area contributed by atoms with Gasteiger partial charge in [-0.2, -0.15) is 0 Å². The molecule has 10 heteroatoms. The average Bonchev–Trinajstić information content (AvgIpc) is 3.86. The molecule has 2 aromatic carbocycles. The van der Waals surface area contributed by atoms with E-state index in [-0.39, 0.29) is 35.5 Å². The molecule has 4 amide bonds. The van der Waals surface area contributed by atoms with E-state index in [1.54, 1.807) is 28.1 Å². The molecule has 2 aliphatic heterocycles. The van der Waals surface area contributed by atoms with E-state index in [9.17, 15) is 19.2 Å². The Kier molecular flexibility index (Phi) is 11.1. The summed E-state index contributed by atoms with van der Waals surface area (Å²) in [7, 11) is 0. The standard InChI is InChI=1S/C37H47N5O5/c1-5-9-24(3)36(45)41-21-7-11-30(41)33(43)39-28-17-13-26(14-18-28)32-23-38-35(47-32)27-15-19-29(20-16-27)40-34(44)31-12-8-22-42(31)37(46)25(4)10-6-2/h13-20,23-25,30-31H,5-12,21-22H2,1-4H3,(H,39,43)(H,40,44). The Morgan fingerprint density at radius 1 is 0.745 bits per heavy atom. The third-order valence-corrected chi connectivity index (χ3v) is 9.31. The van der Waals surface area contributed by atoms with Crippen LogP contribution in [-0.2, 0) is 19.2 Å². The lowest BCUT2D eigenvalue weighted by molar-refractivity contribution is -0.140. The first-order valence-electron chi connectivity index (χ1n) is 17.1. The molecule has 4 atom stereocenters. The molecule has 3 aromatic rings. The van der Waals surface area contributed by atoms with Gasteiger partial charge in [-0.15, -0.1) is 0 Å². The van der Waals surface area contributed by atoms with Crippen molar-refractivity contribution < 1.29 is 23.6 Å². The van der Waals surface area contributed by atoms with E-state index in [1.807, 2.05) is 50.2 Å². The van der Waals surface area contributed by atoms with E-state index in [4.69, 9.17) is 4.42 Å². The van der Waals surface area contributed by atoms with Crippen LogP contribution in [-0.4, -0.2) is 63.6 Å². The van der Waals surface area contributed by atoms with E-state index in [2.05, 4.69) is 29.5 Å². The number of oxazole rings is 1. The highest BCUT2D eigenvalue weighted by atomic mass is 16.4. The van der Waals surface area contributed by atoms with Gasteiger partial charge in [-0.3, -0.25) is 19.2 Å². The zero-order valence-corrected chi connectivity index (χ0v) is 28.0. The molecule has 3 heterocycles. The molecule has 2 aliphatic rings. The second-order valence-electron chi connectivity index (χ2n) is 12.9. The summed E-state index contributed by atoms with van der Waals surface area (Å²) >= 11 is 0. The van der Waals surface area contributed by atoms with Crippen LogP contribution in [0.15, 0.2) is 59.1 Å². The minimum absolute atomic E-state index is 0.0555. The van der Waals surface area contributed by atoms with E-state index >= 15 is 0 Å². The van der Waals surface area contributed by atoms with Crippen LogP contribution in [0.3, 0.4) is 0 Å². The van der Waals surface area contributed by atoms with Crippen molar-refractivity contribution >= 4 is 35.0 Å². The summed E-state index contributed by atoms with van der Waals surface area (Å²) in [6.45, 7) is 9.24. The van der Waals surface area contributed by atoms with Crippen molar-refractivity contribution in [3.8, 4) is 22.8 Å². The first-order chi connectivity index (χ1) is 22.7. The maximum absolute atomic E-state index is 13.1. The molecule has 1 aromatic heterocycles. The maximum atomic E-state index is 13.1. The van der Waals surface area contributed by atoms with Crippen LogP contribution in [0, 0.1) is 11.8 Å². The van der Waals surface area contributed by atoms with Gasteiger partial charge in [-0.05, 0) is 87.1 Å². The first kappa shape index (κ1) is 33.9. The summed E-state index contributed by atoms with van der Waals surface area (Å²) in [4.78, 5) is 59.9. The summed E-state index contributed by atoms with van der Waals surface area (Å²) in [6.07, 6.45) is 8.15. The van der Waals surface area contributed by atoms with E-state index < -0.39 is 12.1 Å². The zero-order valence-electron chi connectivity index (χ0n) is 28.0. The third kappa shape index (κ3) is 7.92. The maximum Gasteiger partial charge on any atom is 0.247 e. The molecule has 10 nitrogen and oxygen atoms in total. The minimum atomic E-state index is -0.448. The molecule has 2 N–H and O–H groups in total. The molecule has 0 radical (unpaired) electrons. The van der Waals surface area contributed by atoms with Gasteiger partial charge in [0.05, 0.1) is 6.20 Å². The summed E-state index contributed by atoms with van der Waals surface area (Å²) in [5.41, 5.74) is 2.86. The normalized spacial score (nSPS) is 19.0. The molecular weight excluding hydrogens is 594 g/mol. The van der Waals surface area contributed by atoms with Crippen molar-refractivity contribution in [3.63, 3.8) is 0 Å². The Hall–Kier alpha value is -4.47. The summed E-state index contributed by atoms with van der Waals surface area (Å²) < 4.78 is 6.05. The van der Waals surface area contributed by atoms with Gasteiger partial charge in [-0.25, -0.2) is 4.98 Å². The number of carbonyl (C=O) groups is 4. The van der Waals surface area contributed by atoms with Crippen molar-refractivity contribution in [2.24, 2.45) is 11.8 Å². The van der Waals surface area contributed by atoms with Gasteiger partial charge in [0.15, 0.2) is 5.76 Å². The number of hydrogen-bond donors (Lipinski definition) is 2. The summed E-state index contributed by atoms with van der Waals surface area (Å²) in [5, 5.41) is 5.95. The lowest BCUT2D eigenvalue weighted by atomic mass is 10.0. The Balaban J connectivity index is 1.17. The second-order valence-corrected chi connectivity index (χ2v) is 12.9. The fourth-order valence-electron chi connectivity index (χ4n) is 6.69. The predicted octanol–water partition coefficient (Wildman–Crippen LogP) is 6.74. The van der Waals surface area contributed by atoms with Crippen LogP contribution in [0.1, 0.15) is 79.1 Å². The molecule has 0 spiro atoms. The van der Waals surface area contributed by atoms with E-state index in [0.717, 1.165) is 49.7 Å². The van der Waals surface area contributed by atoms with Gasteiger partial charge >= 0.3 is 0 Å². The number of amides is 4. The Bertz CT molecular complexity index is 1440. The average molecular weight is 642 g/mol. The molecular formula is C37H47N5O5. The highest BCUT2D eigenvalue weighted by Crippen LogP contribution is 2.29. The number of benzene rings is 2. The van der Waals surface area contributed by atoms with Gasteiger partial charge < -0.3 is 24.9 Å². The molecule has 2 fully saturated rings. The summed E-state index contributed by atoms with van der Waals surface area (Å²) in [5.74, 6) is 0.643. The monoisotopic (exact) mass is 641 g/mol. The van der Waals surface area contributed by atoms with Gasteiger partial charge in [0.2, 0.25) is 29.5 Å². The smallest absolute Gasteiger partial charge is 0.247 e. The van der Waals surface area contributed by atoms with Crippen molar-refractivity contribution in [2.45, 2.75) is 91.1 Å². The van der Waals surface area contributed by atoms with Crippen molar-refractivity contribution in [2.75, 3.05) is 23.7 Å². The van der Waals surface area contributed by atoms with Gasteiger partial charge in [0, 0.05) is 47.4 Å². The molecule has 250 valence electrons. The van der Waals surface area contributed by atoms with Gasteiger partial charge in [-0.1, -0.05) is 40.5 Å². The van der Waals surface area contributed by atoms with Crippen LogP contribution in [0.4, 0.5) is 11.4 Å². The number of carbonyl (C=O) groups excluding carboxylic acids is 4. The molecule has 5 rings (SSSR count). The molecule has 2 saturated heterocycles. The Morgan fingerprint density at radius 3 is 1.64 bits per heavy atom. The Morgan fingerprint density at radius 2 is 1.19 bits per heavy atom. The Labute approximate surface area is 277 Å². The van der Waals surface area contributed by atoms with Crippen molar-refractivity contribution in [3.05, 3.63) is 54.7 Å². The quantitative estimate of drug-likeness (QED) is 0.226. The molecule has 0 bridgehead atoms. The third-order valence-electron chi connectivity index (χ3n) is 9.31. The number of anilines is 2. The predicted molar refractivity (Wildman–Crippen MR) is 182 cm³/mol. The van der Waals surface area contributed by atoms with Crippen molar-refractivity contribution in [1.29, 1.82) is 0 Å². The van der Waals surface area contributed by atoms with E-state index in [1.165, 1.54) is 0 Å². The number of nitrogens with one attached hydrogen (secondary N) is 2. The molecule has 0 saturated carbocycles. The van der Waals surface area contributed by atoms with Gasteiger partial charge in [0.25, 0.3) is 0 Å². The molecule has 0 aliphatic carbocycles. The fourth-order valence-corrected chi connectivity index (χ4v) is 6.69. The lowest BCUT2D eigenvalue weighted by Gasteiger charge is -2.26. The fraction of sp³-hybridized carbons (Fsp3) is 0.486. The summed E-state index contributed by atoms with van der Waals surface area (Å²) in [6, 6.07) is 13.7. The lowest BCUT2D eigenvalue weighted by Crippen LogP contribution is -2.45. The van der Waals surface area contributed by atoms with Crippen LogP contribution in [0.5, 0.6) is 0 Å². The van der Waals surface area contributed by atoms with Crippen LogP contribution in [0.2, 0.25) is 0 Å². The number of nitrogens with zero attached hydrogens (tertiary/aromatic N) is 3. The topological polar surface area (TPSA) is 125 Å². The number of rotatable bonds is 12. The number of likely N-dealkylation sites (tertiary alicyclic amines) is 2. The number of hydrogen-bond acceptors (Lipinski definition) is 6. The first-order valence-corrected chi connectivity index (χ1v) is 17.1. The van der Waals surface area contributed by atoms with Crippen LogP contribution >= 0.6 is 0 Å². The van der Waals surface area contributed by atoms with E-state index in [0.29, 0.717) is 49.0 Å². The highest BCUT2D eigenvalue weighted by molar-refractivity contribution is 5.98. The van der Waals surface area contributed by atoms with Gasteiger partial charge in [0.1, 0.15) is 12.1 Å². The SMILES string of the molecule is CCCC(C)C(=O)N1CCCC1C(=O)Nc1ccc(-c2cnc(-c3ccc(NC(=O)C4CCCN4C(=O)C(C)CCC)cc3)o2)cc1. The van der Waals surface area contributed by atoms with Crippen LogP contribution < -0.4 is 10.6 Å². The zero-order chi connectivity index (χ0) is 33.5. The minimum Gasteiger partial charge on any atom is -0.436 e.